The summed E-state index contributed by atoms with van der Waals surface area (Å²) in [5.41, 5.74) is 0.556. The van der Waals surface area contributed by atoms with Gasteiger partial charge in [-0.2, -0.15) is 0 Å². The normalized spacial score (nSPS) is 10.2. The summed E-state index contributed by atoms with van der Waals surface area (Å²) in [5.74, 6) is 0.402. The molecular weight excluding hydrogens is 357 g/mol. The van der Waals surface area contributed by atoms with E-state index in [4.69, 9.17) is 37.4 Å². The van der Waals surface area contributed by atoms with Crippen LogP contribution in [0.5, 0.6) is 23.0 Å². The Morgan fingerprint density at radius 1 is 0.917 bits per heavy atom. The van der Waals surface area contributed by atoms with E-state index in [0.29, 0.717) is 22.9 Å². The number of aromatic hydroxyl groups is 1. The van der Waals surface area contributed by atoms with Gasteiger partial charge in [0.2, 0.25) is 0 Å². The summed E-state index contributed by atoms with van der Waals surface area (Å²) in [6, 6.07) is 5.81. The molecule has 0 aliphatic carbocycles. The number of halogens is 2. The number of hydrogen-bond donors (Lipinski definition) is 2. The maximum atomic E-state index is 12.5. The van der Waals surface area contributed by atoms with Gasteiger partial charge in [-0.3, -0.25) is 4.79 Å². The summed E-state index contributed by atoms with van der Waals surface area (Å²) in [4.78, 5) is 12.5. The first-order chi connectivity index (χ1) is 11.4. The molecule has 24 heavy (non-hydrogen) atoms. The first-order valence-electron chi connectivity index (χ1n) is 6.70. The molecule has 0 spiro atoms. The molecule has 8 heteroatoms. The number of phenols is 1. The fraction of sp³-hybridized carbons (Fsp3) is 0.188. The lowest BCUT2D eigenvalue weighted by Gasteiger charge is -2.14. The average Bonchev–Trinajstić information content (AvgIpc) is 2.58. The third kappa shape index (κ3) is 3.60. The number of hydrogen-bond acceptors (Lipinski definition) is 5. The monoisotopic (exact) mass is 371 g/mol. The van der Waals surface area contributed by atoms with Crippen LogP contribution in [0.25, 0.3) is 0 Å². The Hall–Kier alpha value is -2.31. The predicted octanol–water partition coefficient (Wildman–Crippen LogP) is 3.98. The van der Waals surface area contributed by atoms with Crippen molar-refractivity contribution in [3.63, 3.8) is 0 Å². The Kier molecular flexibility index (Phi) is 5.64. The van der Waals surface area contributed by atoms with E-state index in [2.05, 4.69) is 5.32 Å². The van der Waals surface area contributed by atoms with Crippen molar-refractivity contribution in [2.75, 3.05) is 26.6 Å². The second-order valence-corrected chi connectivity index (χ2v) is 5.46. The Morgan fingerprint density at radius 3 is 1.92 bits per heavy atom. The van der Waals surface area contributed by atoms with Crippen LogP contribution in [0.3, 0.4) is 0 Å². The van der Waals surface area contributed by atoms with Crippen LogP contribution in [0.15, 0.2) is 24.3 Å². The highest BCUT2D eigenvalue weighted by Crippen LogP contribution is 2.37. The zero-order valence-corrected chi connectivity index (χ0v) is 14.7. The van der Waals surface area contributed by atoms with Crippen LogP contribution >= 0.6 is 23.2 Å². The van der Waals surface area contributed by atoms with Crippen LogP contribution < -0.4 is 19.5 Å². The zero-order valence-electron chi connectivity index (χ0n) is 13.1. The highest BCUT2D eigenvalue weighted by Gasteiger charge is 2.18. The molecule has 0 fully saturated rings. The Balaban J connectivity index is 2.39. The molecule has 2 aromatic rings. The number of methoxy groups -OCH3 is 3. The maximum Gasteiger partial charge on any atom is 0.259 e. The fourth-order valence-electron chi connectivity index (χ4n) is 2.04. The summed E-state index contributed by atoms with van der Waals surface area (Å²) in [6.07, 6.45) is 0. The molecule has 1 amide bonds. The Labute approximate surface area is 148 Å². The first-order valence-corrected chi connectivity index (χ1v) is 7.46. The standard InChI is InChI=1S/C16H15Cl2NO5/c1-22-12-7-14(24-3)13(23-2)6-9(12)16(21)19-8-4-10(17)15(20)11(18)5-8/h4-7,20H,1-3H3,(H,19,21). The molecule has 0 aliphatic rings. The van der Waals surface area contributed by atoms with Crippen molar-refractivity contribution < 1.29 is 24.1 Å². The maximum absolute atomic E-state index is 12.5. The number of benzene rings is 2. The van der Waals surface area contributed by atoms with Crippen molar-refractivity contribution in [2.24, 2.45) is 0 Å². The topological polar surface area (TPSA) is 77.0 Å². The van der Waals surface area contributed by atoms with Gasteiger partial charge < -0.3 is 24.6 Å². The van der Waals surface area contributed by atoms with E-state index in [9.17, 15) is 9.90 Å². The summed E-state index contributed by atoms with van der Waals surface area (Å²) in [5, 5.41) is 12.2. The number of amides is 1. The third-order valence-corrected chi connectivity index (χ3v) is 3.80. The molecule has 6 nitrogen and oxygen atoms in total. The van der Waals surface area contributed by atoms with E-state index in [1.807, 2.05) is 0 Å². The SMILES string of the molecule is COc1cc(OC)c(C(=O)Nc2cc(Cl)c(O)c(Cl)c2)cc1OC. The summed E-state index contributed by atoms with van der Waals surface area (Å²) in [7, 11) is 4.38. The van der Waals surface area contributed by atoms with E-state index >= 15 is 0 Å². The molecule has 0 aliphatic heterocycles. The van der Waals surface area contributed by atoms with E-state index in [1.54, 1.807) is 6.07 Å². The molecule has 128 valence electrons. The Morgan fingerprint density at radius 2 is 1.42 bits per heavy atom. The van der Waals surface area contributed by atoms with E-state index in [0.717, 1.165) is 0 Å². The predicted molar refractivity (Wildman–Crippen MR) is 92.2 cm³/mol. The van der Waals surface area contributed by atoms with Gasteiger partial charge in [-0.25, -0.2) is 0 Å². The molecule has 0 bridgehead atoms. The van der Waals surface area contributed by atoms with Crippen LogP contribution in [-0.4, -0.2) is 32.3 Å². The van der Waals surface area contributed by atoms with Gasteiger partial charge in [0.15, 0.2) is 17.2 Å². The van der Waals surface area contributed by atoms with Crippen LogP contribution in [0.2, 0.25) is 10.0 Å². The molecule has 2 N–H and O–H groups in total. The molecule has 0 saturated heterocycles. The van der Waals surface area contributed by atoms with Crippen LogP contribution in [0.1, 0.15) is 10.4 Å². The lowest BCUT2D eigenvalue weighted by molar-refractivity contribution is 0.102. The van der Waals surface area contributed by atoms with Crippen LogP contribution in [0, 0.1) is 0 Å². The molecule has 0 atom stereocenters. The molecule has 2 rings (SSSR count). The average molecular weight is 372 g/mol. The quantitative estimate of drug-likeness (QED) is 0.777. The van der Waals surface area contributed by atoms with Crippen molar-refractivity contribution in [1.82, 2.24) is 0 Å². The molecule has 2 aromatic carbocycles. The number of ether oxygens (including phenoxy) is 3. The number of carbonyl (C=O) groups excluding carboxylic acids is 1. The van der Waals surface area contributed by atoms with Gasteiger partial charge in [0.25, 0.3) is 5.91 Å². The number of rotatable bonds is 5. The van der Waals surface area contributed by atoms with E-state index in [1.165, 1.54) is 39.5 Å². The van der Waals surface area contributed by atoms with Crippen LogP contribution in [-0.2, 0) is 0 Å². The van der Waals surface area contributed by atoms with Gasteiger partial charge in [0.05, 0.1) is 36.9 Å². The van der Waals surface area contributed by atoms with Crippen molar-refractivity contribution in [2.45, 2.75) is 0 Å². The van der Waals surface area contributed by atoms with Gasteiger partial charge in [-0.15, -0.1) is 0 Å². The second kappa shape index (κ2) is 7.51. The fourth-order valence-corrected chi connectivity index (χ4v) is 2.53. The summed E-state index contributed by atoms with van der Waals surface area (Å²) in [6.45, 7) is 0. The number of anilines is 1. The number of phenolic OH excluding ortho intramolecular Hbond substituents is 1. The Bertz CT molecular complexity index is 756. The van der Waals surface area contributed by atoms with E-state index in [-0.39, 0.29) is 21.4 Å². The lowest BCUT2D eigenvalue weighted by atomic mass is 10.1. The molecule has 0 aromatic heterocycles. The summed E-state index contributed by atoms with van der Waals surface area (Å²) < 4.78 is 15.6. The van der Waals surface area contributed by atoms with Gasteiger partial charge in [-0.05, 0) is 12.1 Å². The third-order valence-electron chi connectivity index (χ3n) is 3.23. The molecule has 0 saturated carbocycles. The van der Waals surface area contributed by atoms with Crippen LogP contribution in [0.4, 0.5) is 5.69 Å². The minimum atomic E-state index is -0.467. The lowest BCUT2D eigenvalue weighted by Crippen LogP contribution is -2.13. The molecule has 0 unspecified atom stereocenters. The highest BCUT2D eigenvalue weighted by molar-refractivity contribution is 6.37. The van der Waals surface area contributed by atoms with E-state index < -0.39 is 5.91 Å². The number of carbonyl (C=O) groups is 1. The zero-order chi connectivity index (χ0) is 17.9. The second-order valence-electron chi connectivity index (χ2n) is 4.65. The molecular formula is C16H15Cl2NO5. The smallest absolute Gasteiger partial charge is 0.259 e. The molecule has 0 radical (unpaired) electrons. The van der Waals surface area contributed by atoms with Crippen molar-refractivity contribution in [3.8, 4) is 23.0 Å². The van der Waals surface area contributed by atoms with Crippen molar-refractivity contribution in [3.05, 3.63) is 39.9 Å². The summed E-state index contributed by atoms with van der Waals surface area (Å²) >= 11 is 11.7. The van der Waals surface area contributed by atoms with Crippen molar-refractivity contribution in [1.29, 1.82) is 0 Å². The van der Waals surface area contributed by atoms with Gasteiger partial charge in [0, 0.05) is 17.8 Å². The van der Waals surface area contributed by atoms with Crippen molar-refractivity contribution >= 4 is 34.8 Å². The first kappa shape index (κ1) is 18.0. The van der Waals surface area contributed by atoms with Gasteiger partial charge >= 0.3 is 0 Å². The molecule has 0 heterocycles. The largest absolute Gasteiger partial charge is 0.505 e. The number of nitrogens with one attached hydrogen (secondary N) is 1. The van der Waals surface area contributed by atoms with Gasteiger partial charge in [-0.1, -0.05) is 23.2 Å². The minimum Gasteiger partial charge on any atom is -0.505 e. The van der Waals surface area contributed by atoms with Gasteiger partial charge in [0.1, 0.15) is 5.75 Å². The minimum absolute atomic E-state index is 0.0251. The highest BCUT2D eigenvalue weighted by atomic mass is 35.5.